The Morgan fingerprint density at radius 3 is 2.77 bits per heavy atom. The number of hydrogen-bond donors (Lipinski definition) is 2. The summed E-state index contributed by atoms with van der Waals surface area (Å²) in [5.41, 5.74) is 0.703. The van der Waals surface area contributed by atoms with E-state index in [4.69, 9.17) is 0 Å². The number of amides is 1. The third kappa shape index (κ3) is 6.00. The van der Waals surface area contributed by atoms with Gasteiger partial charge >= 0.3 is 0 Å². The van der Waals surface area contributed by atoms with Crippen molar-refractivity contribution in [3.8, 4) is 0 Å². The van der Waals surface area contributed by atoms with Gasteiger partial charge in [-0.2, -0.15) is 0 Å². The van der Waals surface area contributed by atoms with Crippen molar-refractivity contribution in [3.63, 3.8) is 0 Å². The molecule has 0 bridgehead atoms. The standard InChI is InChI=1S/C20H31FN4O/c1-3-17(25-15-7-10-19(25)26)12-14-24-20(22-4-2)23-13-11-16-8-5-6-9-18(16)21/h5-6,8-9,17H,3-4,7,10-15H2,1-2H3,(H2,22,23,24). The summed E-state index contributed by atoms with van der Waals surface area (Å²) in [6, 6.07) is 7.11. The first-order chi connectivity index (χ1) is 12.7. The fourth-order valence-electron chi connectivity index (χ4n) is 3.32. The van der Waals surface area contributed by atoms with E-state index in [1.807, 2.05) is 17.9 Å². The third-order valence-electron chi connectivity index (χ3n) is 4.74. The molecule has 1 heterocycles. The first-order valence-electron chi connectivity index (χ1n) is 9.70. The average molecular weight is 362 g/mol. The molecule has 0 spiro atoms. The Morgan fingerprint density at radius 1 is 1.31 bits per heavy atom. The Kier molecular flexibility index (Phi) is 8.38. The summed E-state index contributed by atoms with van der Waals surface area (Å²) < 4.78 is 13.7. The number of nitrogens with one attached hydrogen (secondary N) is 2. The molecule has 0 saturated carbocycles. The normalized spacial score (nSPS) is 16.0. The van der Waals surface area contributed by atoms with E-state index in [0.717, 1.165) is 38.3 Å². The summed E-state index contributed by atoms with van der Waals surface area (Å²) in [6.07, 6.45) is 4.08. The minimum Gasteiger partial charge on any atom is -0.357 e. The number of rotatable bonds is 9. The maximum absolute atomic E-state index is 13.7. The number of carbonyl (C=O) groups is 1. The van der Waals surface area contributed by atoms with E-state index in [-0.39, 0.29) is 17.8 Å². The molecule has 1 aromatic rings. The van der Waals surface area contributed by atoms with Gasteiger partial charge in [0.2, 0.25) is 5.91 Å². The van der Waals surface area contributed by atoms with Gasteiger partial charge in [0.1, 0.15) is 5.82 Å². The highest BCUT2D eigenvalue weighted by Crippen LogP contribution is 2.18. The van der Waals surface area contributed by atoms with Gasteiger partial charge in [-0.15, -0.1) is 0 Å². The molecule has 1 amide bonds. The highest BCUT2D eigenvalue weighted by molar-refractivity contribution is 5.80. The fourth-order valence-corrected chi connectivity index (χ4v) is 3.32. The van der Waals surface area contributed by atoms with Gasteiger partial charge in [-0.05, 0) is 44.2 Å². The van der Waals surface area contributed by atoms with Crippen molar-refractivity contribution in [3.05, 3.63) is 35.6 Å². The number of benzene rings is 1. The highest BCUT2D eigenvalue weighted by Gasteiger charge is 2.26. The topological polar surface area (TPSA) is 56.7 Å². The van der Waals surface area contributed by atoms with Crippen molar-refractivity contribution < 1.29 is 9.18 Å². The Hall–Kier alpha value is -2.11. The van der Waals surface area contributed by atoms with Gasteiger partial charge in [0.15, 0.2) is 5.96 Å². The summed E-state index contributed by atoms with van der Waals surface area (Å²) in [7, 11) is 0. The molecule has 2 rings (SSSR count). The van der Waals surface area contributed by atoms with Crippen LogP contribution < -0.4 is 10.6 Å². The lowest BCUT2D eigenvalue weighted by atomic mass is 10.1. The van der Waals surface area contributed by atoms with Crippen molar-refractivity contribution in [2.75, 3.05) is 26.2 Å². The first-order valence-corrected chi connectivity index (χ1v) is 9.70. The molecule has 0 radical (unpaired) electrons. The van der Waals surface area contributed by atoms with Crippen LogP contribution >= 0.6 is 0 Å². The van der Waals surface area contributed by atoms with E-state index >= 15 is 0 Å². The highest BCUT2D eigenvalue weighted by atomic mass is 19.1. The second-order valence-corrected chi connectivity index (χ2v) is 6.57. The van der Waals surface area contributed by atoms with Crippen LogP contribution in [0, 0.1) is 5.82 Å². The van der Waals surface area contributed by atoms with Crippen molar-refractivity contribution >= 4 is 11.9 Å². The number of guanidine groups is 1. The predicted molar refractivity (Wildman–Crippen MR) is 104 cm³/mol. The van der Waals surface area contributed by atoms with Gasteiger partial charge in [-0.25, -0.2) is 4.39 Å². The van der Waals surface area contributed by atoms with Gasteiger partial charge < -0.3 is 15.5 Å². The van der Waals surface area contributed by atoms with Crippen molar-refractivity contribution in [2.45, 2.75) is 52.0 Å². The molecule has 0 aromatic heterocycles. The summed E-state index contributed by atoms with van der Waals surface area (Å²) in [6.45, 7) is 7.07. The second-order valence-electron chi connectivity index (χ2n) is 6.57. The maximum atomic E-state index is 13.7. The average Bonchev–Trinajstić information content (AvgIpc) is 3.06. The zero-order valence-electron chi connectivity index (χ0n) is 15.9. The lowest BCUT2D eigenvalue weighted by molar-refractivity contribution is -0.129. The molecule has 1 unspecified atom stereocenters. The lowest BCUT2D eigenvalue weighted by Gasteiger charge is -2.26. The maximum Gasteiger partial charge on any atom is 0.222 e. The number of nitrogens with zero attached hydrogens (tertiary/aromatic N) is 2. The van der Waals surface area contributed by atoms with Crippen LogP contribution in [0.4, 0.5) is 4.39 Å². The zero-order chi connectivity index (χ0) is 18.8. The Labute approximate surface area is 156 Å². The number of carbonyl (C=O) groups excluding carboxylic acids is 1. The number of halogens is 1. The predicted octanol–water partition coefficient (Wildman–Crippen LogP) is 2.71. The molecular weight excluding hydrogens is 331 g/mol. The van der Waals surface area contributed by atoms with Crippen molar-refractivity contribution in [2.24, 2.45) is 4.99 Å². The van der Waals surface area contributed by atoms with Crippen LogP contribution in [-0.4, -0.2) is 49.0 Å². The summed E-state index contributed by atoms with van der Waals surface area (Å²) in [5.74, 6) is 0.847. The number of hydrogen-bond acceptors (Lipinski definition) is 2. The minimum absolute atomic E-state index is 0.169. The van der Waals surface area contributed by atoms with Crippen LogP contribution in [0.2, 0.25) is 0 Å². The fraction of sp³-hybridized carbons (Fsp3) is 0.600. The summed E-state index contributed by atoms with van der Waals surface area (Å²) >= 11 is 0. The van der Waals surface area contributed by atoms with E-state index in [2.05, 4.69) is 22.5 Å². The molecule has 0 aliphatic carbocycles. The largest absolute Gasteiger partial charge is 0.357 e. The van der Waals surface area contributed by atoms with E-state index < -0.39 is 0 Å². The van der Waals surface area contributed by atoms with E-state index in [0.29, 0.717) is 31.5 Å². The molecule has 2 N–H and O–H groups in total. The van der Waals surface area contributed by atoms with E-state index in [1.165, 1.54) is 6.07 Å². The molecule has 1 fully saturated rings. The Balaban J connectivity index is 1.81. The van der Waals surface area contributed by atoms with Crippen LogP contribution in [0.25, 0.3) is 0 Å². The van der Waals surface area contributed by atoms with Crippen molar-refractivity contribution in [1.82, 2.24) is 15.5 Å². The molecule has 1 saturated heterocycles. The molecule has 26 heavy (non-hydrogen) atoms. The Bertz CT molecular complexity index is 605. The molecule has 6 heteroatoms. The molecule has 1 aliphatic rings. The minimum atomic E-state index is -0.169. The molecule has 1 atom stereocenters. The summed E-state index contributed by atoms with van der Waals surface area (Å²) in [4.78, 5) is 18.5. The monoisotopic (exact) mass is 362 g/mol. The van der Waals surface area contributed by atoms with Crippen LogP contribution in [0.5, 0.6) is 0 Å². The van der Waals surface area contributed by atoms with Gasteiger partial charge in [-0.1, -0.05) is 25.1 Å². The zero-order valence-corrected chi connectivity index (χ0v) is 15.9. The number of likely N-dealkylation sites (tertiary alicyclic amines) is 1. The molecule has 144 valence electrons. The molecule has 5 nitrogen and oxygen atoms in total. The smallest absolute Gasteiger partial charge is 0.222 e. The van der Waals surface area contributed by atoms with Gasteiger partial charge in [0.25, 0.3) is 0 Å². The molecular formula is C20H31FN4O. The van der Waals surface area contributed by atoms with Crippen LogP contribution in [0.3, 0.4) is 0 Å². The first kappa shape index (κ1) is 20.2. The third-order valence-corrected chi connectivity index (χ3v) is 4.74. The quantitative estimate of drug-likeness (QED) is 0.525. The van der Waals surface area contributed by atoms with Crippen molar-refractivity contribution in [1.29, 1.82) is 0 Å². The van der Waals surface area contributed by atoms with Crippen LogP contribution in [-0.2, 0) is 11.2 Å². The molecule has 1 aliphatic heterocycles. The van der Waals surface area contributed by atoms with Crippen LogP contribution in [0.1, 0.15) is 45.1 Å². The van der Waals surface area contributed by atoms with E-state index in [1.54, 1.807) is 12.1 Å². The van der Waals surface area contributed by atoms with E-state index in [9.17, 15) is 9.18 Å². The van der Waals surface area contributed by atoms with Gasteiger partial charge in [0.05, 0.1) is 0 Å². The number of aliphatic imine (C=N–C) groups is 1. The van der Waals surface area contributed by atoms with Crippen LogP contribution in [0.15, 0.2) is 29.3 Å². The second kappa shape index (κ2) is 10.8. The molecule has 1 aromatic carbocycles. The van der Waals surface area contributed by atoms with Gasteiger partial charge in [-0.3, -0.25) is 9.79 Å². The van der Waals surface area contributed by atoms with Gasteiger partial charge in [0, 0.05) is 38.6 Å². The SMILES string of the molecule is CCNC(=NCCC(CC)N1CCCC1=O)NCCc1ccccc1F. The Morgan fingerprint density at radius 2 is 2.12 bits per heavy atom. The summed E-state index contributed by atoms with van der Waals surface area (Å²) in [5, 5.41) is 6.48. The lowest BCUT2D eigenvalue weighted by Crippen LogP contribution is -2.39.